The molecule has 0 atom stereocenters. The van der Waals surface area contributed by atoms with Crippen LogP contribution in [0.2, 0.25) is 0 Å². The largest absolute Gasteiger partial charge is 0.426 e. The van der Waals surface area contributed by atoms with Crippen molar-refractivity contribution in [1.82, 2.24) is 4.98 Å². The smallest absolute Gasteiger partial charge is 0.298 e. The minimum atomic E-state index is 0.435. The molecule has 1 heterocycles. The van der Waals surface area contributed by atoms with Gasteiger partial charge < -0.3 is 9.72 Å². The lowest BCUT2D eigenvalue weighted by atomic mass is 10.2. The van der Waals surface area contributed by atoms with E-state index in [9.17, 15) is 4.79 Å². The Balaban J connectivity index is 2.64. The zero-order valence-corrected chi connectivity index (χ0v) is 7.20. The molecule has 1 N–H and O–H groups in total. The Morgan fingerprint density at radius 1 is 1.46 bits per heavy atom. The van der Waals surface area contributed by atoms with Gasteiger partial charge in [0, 0.05) is 17.1 Å². The number of aromatic nitrogens is 1. The third-order valence-electron chi connectivity index (χ3n) is 1.97. The maximum atomic E-state index is 10.2. The maximum Gasteiger partial charge on any atom is 0.298 e. The maximum absolute atomic E-state index is 10.2. The van der Waals surface area contributed by atoms with Gasteiger partial charge in [-0.25, -0.2) is 0 Å². The van der Waals surface area contributed by atoms with Crippen molar-refractivity contribution in [1.29, 1.82) is 0 Å². The highest BCUT2D eigenvalue weighted by Crippen LogP contribution is 2.25. The molecule has 0 aliphatic heterocycles. The van der Waals surface area contributed by atoms with Crippen LogP contribution in [0.25, 0.3) is 10.9 Å². The Bertz CT molecular complexity index is 445. The van der Waals surface area contributed by atoms with E-state index in [1.54, 1.807) is 6.20 Å². The van der Waals surface area contributed by atoms with Crippen molar-refractivity contribution in [3.05, 3.63) is 30.0 Å². The second-order valence-electron chi connectivity index (χ2n) is 2.92. The van der Waals surface area contributed by atoms with Gasteiger partial charge in [0.25, 0.3) is 6.47 Å². The number of benzene rings is 1. The molecule has 0 spiro atoms. The van der Waals surface area contributed by atoms with Crippen molar-refractivity contribution in [2.45, 2.75) is 6.92 Å². The van der Waals surface area contributed by atoms with Gasteiger partial charge in [0.2, 0.25) is 0 Å². The number of fused-ring (bicyclic) bond motifs is 1. The molecule has 0 bridgehead atoms. The number of ether oxygens (including phenoxy) is 1. The molecule has 2 aromatic rings. The Hall–Kier alpha value is -1.77. The molecule has 13 heavy (non-hydrogen) atoms. The Morgan fingerprint density at radius 2 is 2.31 bits per heavy atom. The molecule has 1 aromatic carbocycles. The van der Waals surface area contributed by atoms with Crippen molar-refractivity contribution >= 4 is 17.4 Å². The van der Waals surface area contributed by atoms with Crippen molar-refractivity contribution in [3.63, 3.8) is 0 Å². The molecule has 3 nitrogen and oxygen atoms in total. The molecule has 0 radical (unpaired) electrons. The van der Waals surface area contributed by atoms with Crippen molar-refractivity contribution in [3.8, 4) is 5.75 Å². The number of aromatic amines is 1. The minimum Gasteiger partial charge on any atom is -0.426 e. The highest BCUT2D eigenvalue weighted by molar-refractivity contribution is 5.87. The highest BCUT2D eigenvalue weighted by Gasteiger charge is 2.03. The fraction of sp³-hybridized carbons (Fsp3) is 0.100. The molecule has 0 saturated carbocycles. The van der Waals surface area contributed by atoms with Crippen LogP contribution in [0.1, 0.15) is 5.56 Å². The van der Waals surface area contributed by atoms with E-state index >= 15 is 0 Å². The van der Waals surface area contributed by atoms with E-state index in [1.165, 1.54) is 0 Å². The van der Waals surface area contributed by atoms with Crippen LogP contribution in [-0.4, -0.2) is 11.5 Å². The van der Waals surface area contributed by atoms with Gasteiger partial charge >= 0.3 is 0 Å². The predicted octanol–water partition coefficient (Wildman–Crippen LogP) is 2.01. The van der Waals surface area contributed by atoms with Crippen LogP contribution in [0.15, 0.2) is 24.4 Å². The lowest BCUT2D eigenvalue weighted by Crippen LogP contribution is -1.86. The van der Waals surface area contributed by atoms with E-state index < -0.39 is 0 Å². The first-order chi connectivity index (χ1) is 6.31. The topological polar surface area (TPSA) is 42.1 Å². The second kappa shape index (κ2) is 2.94. The van der Waals surface area contributed by atoms with Gasteiger partial charge in [-0.05, 0) is 19.1 Å². The molecule has 0 saturated heterocycles. The first kappa shape index (κ1) is 7.86. The summed E-state index contributed by atoms with van der Waals surface area (Å²) >= 11 is 0. The van der Waals surface area contributed by atoms with E-state index in [2.05, 4.69) is 4.98 Å². The quantitative estimate of drug-likeness (QED) is 0.709. The number of hydrogen-bond acceptors (Lipinski definition) is 2. The molecule has 1 aromatic heterocycles. The van der Waals surface area contributed by atoms with Crippen LogP contribution < -0.4 is 4.74 Å². The predicted molar refractivity (Wildman–Crippen MR) is 49.7 cm³/mol. The summed E-state index contributed by atoms with van der Waals surface area (Å²) in [7, 11) is 0. The van der Waals surface area contributed by atoms with Crippen LogP contribution >= 0.6 is 0 Å². The van der Waals surface area contributed by atoms with Crippen molar-refractivity contribution in [2.24, 2.45) is 0 Å². The van der Waals surface area contributed by atoms with Crippen LogP contribution in [0, 0.1) is 6.92 Å². The Morgan fingerprint density at radius 3 is 3.08 bits per heavy atom. The normalized spacial score (nSPS) is 10.2. The summed E-state index contributed by atoms with van der Waals surface area (Å²) in [5.41, 5.74) is 2.12. The molecule has 0 amide bonds. The van der Waals surface area contributed by atoms with Gasteiger partial charge in [-0.3, -0.25) is 4.79 Å². The van der Waals surface area contributed by atoms with Crippen molar-refractivity contribution < 1.29 is 9.53 Å². The SMILES string of the molecule is Cc1ccc2[nH]cc(OC=O)c2c1. The van der Waals surface area contributed by atoms with Crippen LogP contribution in [-0.2, 0) is 4.79 Å². The van der Waals surface area contributed by atoms with Gasteiger partial charge in [0.05, 0.1) is 0 Å². The summed E-state index contributed by atoms with van der Waals surface area (Å²) in [6.45, 7) is 2.43. The summed E-state index contributed by atoms with van der Waals surface area (Å²) in [6.07, 6.45) is 1.68. The Kier molecular flexibility index (Phi) is 1.77. The molecular weight excluding hydrogens is 166 g/mol. The molecule has 0 aliphatic carbocycles. The van der Waals surface area contributed by atoms with Gasteiger partial charge in [0.1, 0.15) is 0 Å². The molecular formula is C10H9NO2. The van der Waals surface area contributed by atoms with Crippen LogP contribution in [0.5, 0.6) is 5.75 Å². The van der Waals surface area contributed by atoms with Gasteiger partial charge in [0.15, 0.2) is 5.75 Å². The third kappa shape index (κ3) is 1.28. The van der Waals surface area contributed by atoms with Crippen molar-refractivity contribution in [2.75, 3.05) is 0 Å². The van der Waals surface area contributed by atoms with Gasteiger partial charge in [-0.1, -0.05) is 11.6 Å². The highest BCUT2D eigenvalue weighted by atomic mass is 16.5. The number of H-pyrrole nitrogens is 1. The number of rotatable bonds is 2. The van der Waals surface area contributed by atoms with Gasteiger partial charge in [-0.2, -0.15) is 0 Å². The van der Waals surface area contributed by atoms with E-state index in [0.717, 1.165) is 16.5 Å². The molecule has 66 valence electrons. The van der Waals surface area contributed by atoms with E-state index in [1.807, 2.05) is 25.1 Å². The zero-order valence-electron chi connectivity index (χ0n) is 7.20. The summed E-state index contributed by atoms with van der Waals surface area (Å²) in [6, 6.07) is 5.94. The zero-order chi connectivity index (χ0) is 9.26. The van der Waals surface area contributed by atoms with Crippen LogP contribution in [0.4, 0.5) is 0 Å². The lowest BCUT2D eigenvalue weighted by molar-refractivity contribution is -0.120. The number of carbonyl (C=O) groups excluding carboxylic acids is 1. The summed E-state index contributed by atoms with van der Waals surface area (Å²) in [4.78, 5) is 13.2. The molecule has 0 aliphatic rings. The first-order valence-electron chi connectivity index (χ1n) is 3.99. The average molecular weight is 175 g/mol. The summed E-state index contributed by atoms with van der Waals surface area (Å²) in [5, 5.41) is 0.937. The molecule has 0 fully saturated rings. The van der Waals surface area contributed by atoms with E-state index in [0.29, 0.717) is 12.2 Å². The standard InChI is InChI=1S/C10H9NO2/c1-7-2-3-9-8(4-7)10(5-11-9)13-6-12/h2-6,11H,1H3. The fourth-order valence-electron chi connectivity index (χ4n) is 1.36. The monoisotopic (exact) mass is 175 g/mol. The second-order valence-corrected chi connectivity index (χ2v) is 2.92. The number of aryl methyl sites for hydroxylation is 1. The fourth-order valence-corrected chi connectivity index (χ4v) is 1.36. The summed E-state index contributed by atoms with van der Waals surface area (Å²) in [5.74, 6) is 0.578. The number of nitrogens with one attached hydrogen (secondary N) is 1. The molecule has 0 unspecified atom stereocenters. The average Bonchev–Trinajstić information content (AvgIpc) is 2.49. The summed E-state index contributed by atoms with van der Waals surface area (Å²) < 4.78 is 4.80. The van der Waals surface area contributed by atoms with E-state index in [-0.39, 0.29) is 0 Å². The Labute approximate surface area is 75.3 Å². The van der Waals surface area contributed by atoms with E-state index in [4.69, 9.17) is 4.74 Å². The molecule has 2 rings (SSSR count). The van der Waals surface area contributed by atoms with Gasteiger partial charge in [-0.15, -0.1) is 0 Å². The number of hydrogen-bond donors (Lipinski definition) is 1. The third-order valence-corrected chi connectivity index (χ3v) is 1.97. The van der Waals surface area contributed by atoms with Crippen LogP contribution in [0.3, 0.4) is 0 Å². The molecule has 3 heteroatoms. The lowest BCUT2D eigenvalue weighted by Gasteiger charge is -1.95. The minimum absolute atomic E-state index is 0.435. The number of carbonyl (C=O) groups is 1. The first-order valence-corrected chi connectivity index (χ1v) is 3.99.